The van der Waals surface area contributed by atoms with Gasteiger partial charge in [0, 0.05) is 16.6 Å². The van der Waals surface area contributed by atoms with E-state index < -0.39 is 11.9 Å². The number of carbonyl (C=O) groups excluding carboxylic acids is 2. The van der Waals surface area contributed by atoms with Crippen LogP contribution in [-0.2, 0) is 22.5 Å². The first kappa shape index (κ1) is 17.9. The van der Waals surface area contributed by atoms with Crippen LogP contribution in [0.4, 0.5) is 0 Å². The van der Waals surface area contributed by atoms with Crippen molar-refractivity contribution in [1.82, 2.24) is 15.1 Å². The highest BCUT2D eigenvalue weighted by Gasteiger charge is 2.25. The van der Waals surface area contributed by atoms with Crippen molar-refractivity contribution >= 4 is 23.3 Å². The molecule has 0 radical (unpaired) electrons. The van der Waals surface area contributed by atoms with Crippen LogP contribution in [-0.4, -0.2) is 34.2 Å². The molecule has 8 nitrogen and oxygen atoms in total. The van der Waals surface area contributed by atoms with Gasteiger partial charge in [-0.15, -0.1) is 0 Å². The first-order valence-electron chi connectivity index (χ1n) is 7.87. The molecule has 3 rings (SSSR count). The van der Waals surface area contributed by atoms with Gasteiger partial charge in [0.2, 0.25) is 5.82 Å². The molecular formula is C17H17N3O5S. The number of hydrogen-bond acceptors (Lipinski definition) is 8. The molecule has 0 unspecified atom stereocenters. The number of H-pyrrole nitrogens is 1. The number of nitrogens with one attached hydrogen (secondary N) is 1. The highest BCUT2D eigenvalue weighted by atomic mass is 32.1. The molecule has 9 heteroatoms. The van der Waals surface area contributed by atoms with Crippen LogP contribution in [0.15, 0.2) is 21.3 Å². The second-order valence-electron chi connectivity index (χ2n) is 5.42. The van der Waals surface area contributed by atoms with Crippen LogP contribution in [0, 0.1) is 6.92 Å². The number of rotatable bonds is 6. The number of thiophene rings is 1. The van der Waals surface area contributed by atoms with Gasteiger partial charge >= 0.3 is 11.9 Å². The Morgan fingerprint density at radius 1 is 1.35 bits per heavy atom. The van der Waals surface area contributed by atoms with E-state index in [1.807, 2.05) is 23.8 Å². The first-order valence-corrected chi connectivity index (χ1v) is 8.81. The average Bonchev–Trinajstić information content (AvgIpc) is 3.38. The van der Waals surface area contributed by atoms with E-state index in [9.17, 15) is 9.59 Å². The maximum atomic E-state index is 12.4. The molecule has 0 amide bonds. The number of esters is 2. The second kappa shape index (κ2) is 7.52. The van der Waals surface area contributed by atoms with Crippen LogP contribution in [0.5, 0.6) is 0 Å². The minimum absolute atomic E-state index is 0.163. The zero-order valence-electron chi connectivity index (χ0n) is 14.5. The zero-order chi connectivity index (χ0) is 18.7. The summed E-state index contributed by atoms with van der Waals surface area (Å²) in [7, 11) is 1.30. The summed E-state index contributed by atoms with van der Waals surface area (Å²) >= 11 is 1.52. The standard InChI is InChI=1S/C17H17N3O5S/c1-4-11-13(16(21)23-3)9(2)14(18-11)17(22)24-7-12-19-15(20-25-12)10-5-6-26-8-10/h5-6,8,18H,4,7H2,1-3H3. The van der Waals surface area contributed by atoms with E-state index in [2.05, 4.69) is 15.1 Å². The molecule has 0 aliphatic heterocycles. The van der Waals surface area contributed by atoms with Crippen molar-refractivity contribution in [3.8, 4) is 11.4 Å². The Bertz CT molecular complexity index is 927. The predicted octanol–water partition coefficient (Wildman–Crippen LogP) is 3.14. The Balaban J connectivity index is 1.73. The average molecular weight is 375 g/mol. The molecule has 0 aliphatic carbocycles. The largest absolute Gasteiger partial charge is 0.465 e. The number of aryl methyl sites for hydroxylation is 1. The lowest BCUT2D eigenvalue weighted by Crippen LogP contribution is -2.08. The van der Waals surface area contributed by atoms with Gasteiger partial charge in [-0.25, -0.2) is 9.59 Å². The second-order valence-corrected chi connectivity index (χ2v) is 6.20. The Morgan fingerprint density at radius 3 is 2.81 bits per heavy atom. The van der Waals surface area contributed by atoms with Crippen molar-refractivity contribution in [3.63, 3.8) is 0 Å². The van der Waals surface area contributed by atoms with Crippen LogP contribution in [0.1, 0.15) is 44.9 Å². The van der Waals surface area contributed by atoms with Crippen molar-refractivity contribution in [2.24, 2.45) is 0 Å². The van der Waals surface area contributed by atoms with Crippen molar-refractivity contribution in [1.29, 1.82) is 0 Å². The molecule has 0 saturated heterocycles. The fraction of sp³-hybridized carbons (Fsp3) is 0.294. The summed E-state index contributed by atoms with van der Waals surface area (Å²) in [4.78, 5) is 31.4. The van der Waals surface area contributed by atoms with E-state index >= 15 is 0 Å². The maximum Gasteiger partial charge on any atom is 0.355 e. The first-order chi connectivity index (χ1) is 12.5. The number of carbonyl (C=O) groups is 2. The number of methoxy groups -OCH3 is 1. The molecule has 0 saturated carbocycles. The predicted molar refractivity (Wildman–Crippen MR) is 93.0 cm³/mol. The summed E-state index contributed by atoms with van der Waals surface area (Å²) in [6.45, 7) is 3.38. The van der Waals surface area contributed by atoms with E-state index in [1.54, 1.807) is 6.92 Å². The molecule has 26 heavy (non-hydrogen) atoms. The van der Waals surface area contributed by atoms with Crippen molar-refractivity contribution in [3.05, 3.63) is 45.2 Å². The van der Waals surface area contributed by atoms with Crippen molar-refractivity contribution < 1.29 is 23.6 Å². The highest BCUT2D eigenvalue weighted by molar-refractivity contribution is 7.08. The topological polar surface area (TPSA) is 107 Å². The van der Waals surface area contributed by atoms with E-state index in [4.69, 9.17) is 14.0 Å². The SMILES string of the molecule is CCc1[nH]c(C(=O)OCc2nc(-c3ccsc3)no2)c(C)c1C(=O)OC. The smallest absolute Gasteiger partial charge is 0.355 e. The lowest BCUT2D eigenvalue weighted by molar-refractivity contribution is 0.0422. The van der Waals surface area contributed by atoms with Gasteiger partial charge in [-0.1, -0.05) is 12.1 Å². The van der Waals surface area contributed by atoms with Gasteiger partial charge in [-0.05, 0) is 30.4 Å². The molecule has 0 aromatic carbocycles. The third kappa shape index (κ3) is 3.38. The third-order valence-corrected chi connectivity index (χ3v) is 4.53. The van der Waals surface area contributed by atoms with Crippen molar-refractivity contribution in [2.75, 3.05) is 7.11 Å². The summed E-state index contributed by atoms with van der Waals surface area (Å²) in [5.74, 6) is -0.475. The molecule has 3 aromatic heterocycles. The summed E-state index contributed by atoms with van der Waals surface area (Å²) < 4.78 is 15.1. The normalized spacial score (nSPS) is 10.7. The number of nitrogens with zero attached hydrogens (tertiary/aromatic N) is 2. The minimum atomic E-state index is -0.609. The maximum absolute atomic E-state index is 12.4. The monoisotopic (exact) mass is 375 g/mol. The van der Waals surface area contributed by atoms with E-state index in [0.29, 0.717) is 29.1 Å². The molecule has 0 fully saturated rings. The molecule has 0 spiro atoms. The fourth-order valence-corrected chi connectivity index (χ4v) is 3.16. The summed E-state index contributed by atoms with van der Waals surface area (Å²) in [6, 6.07) is 1.87. The van der Waals surface area contributed by atoms with E-state index in [0.717, 1.165) is 5.56 Å². The Morgan fingerprint density at radius 2 is 2.15 bits per heavy atom. The lowest BCUT2D eigenvalue weighted by atomic mass is 10.1. The van der Waals surface area contributed by atoms with Gasteiger partial charge < -0.3 is 19.0 Å². The Kier molecular flexibility index (Phi) is 5.17. The van der Waals surface area contributed by atoms with E-state index in [1.165, 1.54) is 18.4 Å². The van der Waals surface area contributed by atoms with Crippen molar-refractivity contribution in [2.45, 2.75) is 26.9 Å². The zero-order valence-corrected chi connectivity index (χ0v) is 15.3. The van der Waals surface area contributed by atoms with Crippen LogP contribution in [0.25, 0.3) is 11.4 Å². The molecule has 3 aromatic rings. The van der Waals surface area contributed by atoms with Gasteiger partial charge in [-0.2, -0.15) is 16.3 Å². The van der Waals surface area contributed by atoms with Gasteiger partial charge in [0.1, 0.15) is 5.69 Å². The molecule has 136 valence electrons. The molecule has 0 aliphatic rings. The van der Waals surface area contributed by atoms with E-state index in [-0.39, 0.29) is 18.2 Å². The summed E-state index contributed by atoms with van der Waals surface area (Å²) in [6.07, 6.45) is 0.548. The Labute approximate surface area is 153 Å². The molecule has 0 bridgehead atoms. The number of aromatic nitrogens is 3. The molecular weight excluding hydrogens is 358 g/mol. The van der Waals surface area contributed by atoms with Crippen LogP contribution in [0.2, 0.25) is 0 Å². The van der Waals surface area contributed by atoms with Crippen LogP contribution < -0.4 is 0 Å². The summed E-state index contributed by atoms with van der Waals surface area (Å²) in [5.41, 5.74) is 2.52. The van der Waals surface area contributed by atoms with Crippen LogP contribution >= 0.6 is 11.3 Å². The quantitative estimate of drug-likeness (QED) is 0.659. The van der Waals surface area contributed by atoms with Gasteiger partial charge in [-0.3, -0.25) is 0 Å². The van der Waals surface area contributed by atoms with Crippen LogP contribution in [0.3, 0.4) is 0 Å². The number of hydrogen-bond donors (Lipinski definition) is 1. The molecule has 1 N–H and O–H groups in total. The molecule has 3 heterocycles. The minimum Gasteiger partial charge on any atom is -0.465 e. The highest BCUT2D eigenvalue weighted by Crippen LogP contribution is 2.22. The summed E-state index contributed by atoms with van der Waals surface area (Å²) in [5, 5.41) is 7.65. The Hall–Kier alpha value is -2.94. The van der Waals surface area contributed by atoms with Gasteiger partial charge in [0.15, 0.2) is 6.61 Å². The third-order valence-electron chi connectivity index (χ3n) is 3.85. The number of ether oxygens (including phenoxy) is 2. The fourth-order valence-electron chi connectivity index (χ4n) is 2.53. The number of aromatic amines is 1. The molecule has 0 atom stereocenters. The lowest BCUT2D eigenvalue weighted by Gasteiger charge is -2.02. The van der Waals surface area contributed by atoms with Gasteiger partial charge in [0.05, 0.1) is 12.7 Å². The van der Waals surface area contributed by atoms with Gasteiger partial charge in [0.25, 0.3) is 5.89 Å².